The van der Waals surface area contributed by atoms with E-state index < -0.39 is 29.1 Å². The van der Waals surface area contributed by atoms with Crippen LogP contribution < -0.4 is 10.9 Å². The van der Waals surface area contributed by atoms with E-state index >= 15 is 0 Å². The average Bonchev–Trinajstić information content (AvgIpc) is 3.00. The molecule has 0 bridgehead atoms. The molecule has 0 aromatic heterocycles. The van der Waals surface area contributed by atoms with Crippen molar-refractivity contribution < 1.29 is 29.7 Å². The number of phenols is 3. The third-order valence-electron chi connectivity index (χ3n) is 4.23. The van der Waals surface area contributed by atoms with Crippen molar-refractivity contribution in [3.63, 3.8) is 0 Å². The second-order valence-electron chi connectivity index (χ2n) is 6.50. The maximum Gasteiger partial charge on any atom is 0.269 e. The molecule has 9 nitrogen and oxygen atoms in total. The fourth-order valence-corrected chi connectivity index (χ4v) is 4.38. The molecule has 3 amide bonds. The Balaban J connectivity index is 1.54. The Labute approximate surface area is 200 Å². The molecule has 1 heterocycles. The Bertz CT molecular complexity index is 1130. The van der Waals surface area contributed by atoms with E-state index in [0.717, 1.165) is 33.9 Å². The van der Waals surface area contributed by atoms with Crippen molar-refractivity contribution >= 4 is 68.0 Å². The summed E-state index contributed by atoms with van der Waals surface area (Å²) < 4.78 is 1.20. The summed E-state index contributed by atoms with van der Waals surface area (Å²) in [4.78, 5) is 38.5. The van der Waals surface area contributed by atoms with Gasteiger partial charge in [-0.2, -0.15) is 0 Å². The third-order valence-corrected chi connectivity index (χ3v) is 6.10. The van der Waals surface area contributed by atoms with Crippen LogP contribution in [0.15, 0.2) is 45.8 Å². The maximum absolute atomic E-state index is 12.6. The van der Waals surface area contributed by atoms with Crippen LogP contribution in [0.4, 0.5) is 0 Å². The van der Waals surface area contributed by atoms with Gasteiger partial charge in [0.05, 0.1) is 4.91 Å². The van der Waals surface area contributed by atoms with Gasteiger partial charge in [0.25, 0.3) is 11.8 Å². The van der Waals surface area contributed by atoms with E-state index in [0.29, 0.717) is 9.23 Å². The number of hydrogen-bond acceptors (Lipinski definition) is 8. The van der Waals surface area contributed by atoms with Gasteiger partial charge in [-0.3, -0.25) is 30.1 Å². The summed E-state index contributed by atoms with van der Waals surface area (Å²) in [6.45, 7) is 0.0168. The molecule has 166 valence electrons. The van der Waals surface area contributed by atoms with Crippen LogP contribution in [0.1, 0.15) is 22.3 Å². The van der Waals surface area contributed by atoms with Gasteiger partial charge >= 0.3 is 0 Å². The Morgan fingerprint density at radius 2 is 1.81 bits per heavy atom. The molecule has 1 saturated heterocycles. The van der Waals surface area contributed by atoms with Crippen LogP contribution in [0.25, 0.3) is 6.08 Å². The molecule has 1 aliphatic heterocycles. The van der Waals surface area contributed by atoms with E-state index in [1.165, 1.54) is 4.90 Å². The number of benzene rings is 2. The van der Waals surface area contributed by atoms with Gasteiger partial charge in [0, 0.05) is 23.0 Å². The molecule has 0 spiro atoms. The molecular weight excluding hydrogens is 522 g/mol. The van der Waals surface area contributed by atoms with Gasteiger partial charge in [-0.05, 0) is 35.9 Å². The van der Waals surface area contributed by atoms with Crippen molar-refractivity contribution in [2.75, 3.05) is 6.54 Å². The topological polar surface area (TPSA) is 139 Å². The normalized spacial score (nSPS) is 14.7. The molecular formula is C20H16BrN3O6S2. The molecule has 0 saturated carbocycles. The van der Waals surface area contributed by atoms with Gasteiger partial charge in [0.2, 0.25) is 5.91 Å². The summed E-state index contributed by atoms with van der Waals surface area (Å²) in [5.41, 5.74) is 4.93. The SMILES string of the molecule is O=C(CCN1C(=O)C(=Cc2cccc(Br)c2)SC1=S)NNC(=O)c1cc(O)c(O)c(O)c1. The highest BCUT2D eigenvalue weighted by Gasteiger charge is 2.32. The minimum Gasteiger partial charge on any atom is -0.504 e. The van der Waals surface area contributed by atoms with Gasteiger partial charge in [-0.25, -0.2) is 0 Å². The Morgan fingerprint density at radius 3 is 2.47 bits per heavy atom. The van der Waals surface area contributed by atoms with Gasteiger partial charge in [-0.1, -0.05) is 52.0 Å². The van der Waals surface area contributed by atoms with Crippen LogP contribution in [-0.4, -0.2) is 48.8 Å². The predicted molar refractivity (Wildman–Crippen MR) is 126 cm³/mol. The summed E-state index contributed by atoms with van der Waals surface area (Å²) in [5, 5.41) is 28.2. The molecule has 1 aliphatic rings. The van der Waals surface area contributed by atoms with Crippen LogP contribution in [0.5, 0.6) is 17.2 Å². The zero-order valence-corrected chi connectivity index (χ0v) is 19.4. The molecule has 5 N–H and O–H groups in total. The second kappa shape index (κ2) is 10.0. The van der Waals surface area contributed by atoms with Crippen LogP contribution in [0, 0.1) is 0 Å². The molecule has 0 radical (unpaired) electrons. The maximum atomic E-state index is 12.6. The van der Waals surface area contributed by atoms with Crippen LogP contribution in [0.2, 0.25) is 0 Å². The molecule has 32 heavy (non-hydrogen) atoms. The van der Waals surface area contributed by atoms with Crippen LogP contribution in [0.3, 0.4) is 0 Å². The van der Waals surface area contributed by atoms with Crippen molar-refractivity contribution in [3.05, 3.63) is 56.9 Å². The minimum atomic E-state index is -0.827. The molecule has 1 fully saturated rings. The number of amides is 3. The van der Waals surface area contributed by atoms with Crippen LogP contribution in [-0.2, 0) is 9.59 Å². The zero-order valence-electron chi connectivity index (χ0n) is 16.2. The molecule has 3 rings (SSSR count). The van der Waals surface area contributed by atoms with E-state index in [9.17, 15) is 29.7 Å². The quantitative estimate of drug-likeness (QED) is 0.170. The smallest absolute Gasteiger partial charge is 0.269 e. The standard InChI is InChI=1S/C20H16BrN3O6S2/c21-12-3-1-2-10(6-12)7-15-19(30)24(20(31)32-15)5-4-16(27)22-23-18(29)11-8-13(25)17(28)14(26)9-11/h1-3,6-9,25-26,28H,4-5H2,(H,22,27)(H,23,29). The average molecular weight is 538 g/mol. The monoisotopic (exact) mass is 537 g/mol. The Morgan fingerprint density at radius 1 is 1.12 bits per heavy atom. The van der Waals surface area contributed by atoms with E-state index in [1.807, 2.05) is 24.3 Å². The number of carbonyl (C=O) groups excluding carboxylic acids is 3. The highest BCUT2D eigenvalue weighted by Crippen LogP contribution is 2.35. The largest absolute Gasteiger partial charge is 0.504 e. The minimum absolute atomic E-state index is 0.0168. The molecule has 2 aromatic rings. The highest BCUT2D eigenvalue weighted by atomic mass is 79.9. The molecule has 0 atom stereocenters. The summed E-state index contributed by atoms with van der Waals surface area (Å²) in [5.74, 6) is -3.87. The molecule has 0 aliphatic carbocycles. The number of phenolic OH excluding ortho intramolecular Hbond substituents is 3. The second-order valence-corrected chi connectivity index (χ2v) is 9.10. The lowest BCUT2D eigenvalue weighted by Crippen LogP contribution is -2.43. The first-order chi connectivity index (χ1) is 15.2. The van der Waals surface area contributed by atoms with E-state index in [4.69, 9.17) is 12.2 Å². The fraction of sp³-hybridized carbons (Fsp3) is 0.100. The number of hydrogen-bond donors (Lipinski definition) is 5. The summed E-state index contributed by atoms with van der Waals surface area (Å²) in [6.07, 6.45) is 1.58. The number of aromatic hydroxyl groups is 3. The Hall–Kier alpha value is -3.09. The van der Waals surface area contributed by atoms with Crippen molar-refractivity contribution in [2.45, 2.75) is 6.42 Å². The molecule has 12 heteroatoms. The number of halogens is 1. The zero-order chi connectivity index (χ0) is 23.4. The van der Waals surface area contributed by atoms with Crippen LogP contribution >= 0.6 is 39.9 Å². The van der Waals surface area contributed by atoms with Crippen molar-refractivity contribution in [3.8, 4) is 17.2 Å². The molecule has 2 aromatic carbocycles. The van der Waals surface area contributed by atoms with Gasteiger partial charge in [0.15, 0.2) is 17.2 Å². The lowest BCUT2D eigenvalue weighted by molar-refractivity contribution is -0.124. The number of thiocarbonyl (C=S) groups is 1. The number of hydrazine groups is 1. The lowest BCUT2D eigenvalue weighted by Gasteiger charge is -2.14. The number of thioether (sulfide) groups is 1. The predicted octanol–water partition coefficient (Wildman–Crippen LogP) is 2.62. The number of carbonyl (C=O) groups is 3. The number of nitrogens with zero attached hydrogens (tertiary/aromatic N) is 1. The van der Waals surface area contributed by atoms with Crippen molar-refractivity contribution in [1.29, 1.82) is 0 Å². The van der Waals surface area contributed by atoms with Gasteiger partial charge < -0.3 is 15.3 Å². The first-order valence-electron chi connectivity index (χ1n) is 9.00. The third kappa shape index (κ3) is 5.58. The van der Waals surface area contributed by atoms with Gasteiger partial charge in [0.1, 0.15) is 4.32 Å². The summed E-state index contributed by atoms with van der Waals surface area (Å²) in [7, 11) is 0. The number of nitrogens with one attached hydrogen (secondary N) is 2. The van der Waals surface area contributed by atoms with E-state index in [2.05, 4.69) is 26.8 Å². The summed E-state index contributed by atoms with van der Waals surface area (Å²) >= 11 is 9.75. The van der Waals surface area contributed by atoms with Gasteiger partial charge in [-0.15, -0.1) is 0 Å². The molecule has 0 unspecified atom stereocenters. The highest BCUT2D eigenvalue weighted by molar-refractivity contribution is 9.10. The number of rotatable bonds is 5. The first-order valence-corrected chi connectivity index (χ1v) is 11.0. The van der Waals surface area contributed by atoms with Crippen molar-refractivity contribution in [1.82, 2.24) is 15.8 Å². The fourth-order valence-electron chi connectivity index (χ4n) is 2.65. The van der Waals surface area contributed by atoms with Crippen molar-refractivity contribution in [2.24, 2.45) is 0 Å². The summed E-state index contributed by atoms with van der Waals surface area (Å²) in [6, 6.07) is 9.27. The first kappa shape index (κ1) is 23.6. The Kier molecular flexibility index (Phi) is 7.38. The van der Waals surface area contributed by atoms with E-state index in [-0.39, 0.29) is 24.4 Å². The lowest BCUT2D eigenvalue weighted by atomic mass is 10.2. The van der Waals surface area contributed by atoms with E-state index in [1.54, 1.807) is 6.08 Å².